The first-order chi connectivity index (χ1) is 15.5. The van der Waals surface area contributed by atoms with Crippen LogP contribution in [0.25, 0.3) is 6.08 Å². The number of aryl methyl sites for hydroxylation is 1. The Hall–Kier alpha value is -2.25. The lowest BCUT2D eigenvalue weighted by molar-refractivity contribution is -0.113. The largest absolute Gasteiger partial charge is 0.492 e. The molecule has 0 N–H and O–H groups in total. The zero-order valence-corrected chi connectivity index (χ0v) is 20.5. The van der Waals surface area contributed by atoms with E-state index in [0.29, 0.717) is 15.8 Å². The molecule has 1 fully saturated rings. The van der Waals surface area contributed by atoms with Crippen molar-refractivity contribution in [3.05, 3.63) is 93.9 Å². The Kier molecular flexibility index (Phi) is 7.58. The third-order valence-electron chi connectivity index (χ3n) is 4.68. The van der Waals surface area contributed by atoms with Gasteiger partial charge in [-0.2, -0.15) is 0 Å². The molecule has 1 amide bonds. The van der Waals surface area contributed by atoms with E-state index in [2.05, 4.69) is 0 Å². The zero-order valence-electron chi connectivity index (χ0n) is 17.3. The molecule has 3 aromatic rings. The van der Waals surface area contributed by atoms with Crippen molar-refractivity contribution in [2.24, 2.45) is 0 Å². The summed E-state index contributed by atoms with van der Waals surface area (Å²) in [7, 11) is 0. The quantitative estimate of drug-likeness (QED) is 0.149. The van der Waals surface area contributed by atoms with Crippen molar-refractivity contribution in [3.8, 4) is 5.75 Å². The van der Waals surface area contributed by atoms with Gasteiger partial charge in [-0.25, -0.2) is 0 Å². The molecule has 0 aromatic heterocycles. The van der Waals surface area contributed by atoms with Crippen molar-refractivity contribution in [1.29, 1.82) is 0 Å². The van der Waals surface area contributed by atoms with E-state index in [0.717, 1.165) is 38.2 Å². The number of anilines is 1. The number of rotatable bonds is 7. The molecule has 0 unspecified atom stereocenters. The number of carbonyl (C=O) groups is 1. The summed E-state index contributed by atoms with van der Waals surface area (Å²) in [5, 5.41) is 0.729. The van der Waals surface area contributed by atoms with Crippen LogP contribution in [0.4, 0.5) is 5.69 Å². The zero-order chi connectivity index (χ0) is 22.5. The maximum atomic E-state index is 13.1. The second-order valence-electron chi connectivity index (χ2n) is 7.04. The monoisotopic (exact) mass is 497 g/mol. The van der Waals surface area contributed by atoms with Crippen LogP contribution in [0.2, 0.25) is 5.02 Å². The number of benzene rings is 3. The molecule has 0 aliphatic carbocycles. The van der Waals surface area contributed by atoms with Gasteiger partial charge in [0.05, 0.1) is 17.2 Å². The van der Waals surface area contributed by atoms with Crippen LogP contribution >= 0.6 is 47.3 Å². The average Bonchev–Trinajstić information content (AvgIpc) is 3.07. The maximum absolute atomic E-state index is 13.1. The summed E-state index contributed by atoms with van der Waals surface area (Å²) in [4.78, 5) is 16.4. The second-order valence-corrected chi connectivity index (χ2v) is 10.3. The van der Waals surface area contributed by atoms with Gasteiger partial charge in [-0.15, -0.1) is 11.8 Å². The van der Waals surface area contributed by atoms with E-state index >= 15 is 0 Å². The number of thioether (sulfide) groups is 2. The Morgan fingerprint density at radius 3 is 2.59 bits per heavy atom. The molecule has 3 nitrogen and oxygen atoms in total. The first-order valence-corrected chi connectivity index (χ1v) is 12.5. The predicted octanol–water partition coefficient (Wildman–Crippen LogP) is 7.23. The van der Waals surface area contributed by atoms with Crippen molar-refractivity contribution >= 4 is 69.3 Å². The number of nitrogens with zero attached hydrogens (tertiary/aromatic N) is 1. The molecule has 0 saturated carbocycles. The number of hydrogen-bond donors (Lipinski definition) is 0. The highest BCUT2D eigenvalue weighted by Gasteiger charge is 2.33. The summed E-state index contributed by atoms with van der Waals surface area (Å²) < 4.78 is 6.59. The first kappa shape index (κ1) is 22.9. The fourth-order valence-electron chi connectivity index (χ4n) is 3.16. The van der Waals surface area contributed by atoms with Crippen LogP contribution in [0.3, 0.4) is 0 Å². The minimum atomic E-state index is -0.114. The highest BCUT2D eigenvalue weighted by atomic mass is 35.5. The highest BCUT2D eigenvalue weighted by Crippen LogP contribution is 2.37. The van der Waals surface area contributed by atoms with Gasteiger partial charge in [0.25, 0.3) is 5.91 Å². The second kappa shape index (κ2) is 10.6. The van der Waals surface area contributed by atoms with E-state index in [9.17, 15) is 4.79 Å². The Labute approximate surface area is 206 Å². The summed E-state index contributed by atoms with van der Waals surface area (Å²) in [6.45, 7) is 2.56. The summed E-state index contributed by atoms with van der Waals surface area (Å²) in [6.07, 6.45) is 1.87. The molecule has 162 valence electrons. The van der Waals surface area contributed by atoms with Gasteiger partial charge < -0.3 is 4.74 Å². The van der Waals surface area contributed by atoms with E-state index in [1.165, 1.54) is 11.8 Å². The number of para-hydroxylation sites is 1. The molecule has 1 aliphatic heterocycles. The molecule has 1 saturated heterocycles. The third-order valence-corrected chi connectivity index (χ3v) is 7.21. The number of hydrogen-bond acceptors (Lipinski definition) is 5. The van der Waals surface area contributed by atoms with Crippen LogP contribution < -0.4 is 9.64 Å². The van der Waals surface area contributed by atoms with Gasteiger partial charge in [0.1, 0.15) is 5.75 Å². The van der Waals surface area contributed by atoms with Crippen molar-refractivity contribution < 1.29 is 9.53 Å². The standard InChI is InChI=1S/C25H20ClNO2S3/c1-17-7-12-22(29-13-14-31-21-10-8-19(26)9-11-21)18(15-17)16-23-24(28)27(25(30)32-23)20-5-3-2-4-6-20/h2-12,15-16H,13-14H2,1H3. The van der Waals surface area contributed by atoms with Gasteiger partial charge in [-0.3, -0.25) is 9.69 Å². The molecule has 3 aromatic carbocycles. The summed E-state index contributed by atoms with van der Waals surface area (Å²) in [5.74, 6) is 1.43. The number of halogens is 1. The van der Waals surface area contributed by atoms with E-state index in [4.69, 9.17) is 28.6 Å². The number of ether oxygens (including phenoxy) is 1. The molecule has 0 spiro atoms. The van der Waals surface area contributed by atoms with Crippen molar-refractivity contribution in [2.45, 2.75) is 11.8 Å². The van der Waals surface area contributed by atoms with Crippen LogP contribution in [0.5, 0.6) is 5.75 Å². The molecule has 0 radical (unpaired) electrons. The Bertz CT molecular complexity index is 1160. The van der Waals surface area contributed by atoms with E-state index in [-0.39, 0.29) is 5.91 Å². The van der Waals surface area contributed by atoms with Gasteiger partial charge in [0.2, 0.25) is 0 Å². The Morgan fingerprint density at radius 2 is 1.84 bits per heavy atom. The van der Waals surface area contributed by atoms with Gasteiger partial charge >= 0.3 is 0 Å². The predicted molar refractivity (Wildman–Crippen MR) is 141 cm³/mol. The minimum absolute atomic E-state index is 0.114. The Morgan fingerprint density at radius 1 is 1.09 bits per heavy atom. The normalized spacial score (nSPS) is 14.9. The number of thiocarbonyl (C=S) groups is 1. The molecular weight excluding hydrogens is 478 g/mol. The lowest BCUT2D eigenvalue weighted by Gasteiger charge is -2.14. The first-order valence-electron chi connectivity index (χ1n) is 9.96. The maximum Gasteiger partial charge on any atom is 0.270 e. The fraction of sp³-hybridized carbons (Fsp3) is 0.120. The molecular formula is C25H20ClNO2S3. The lowest BCUT2D eigenvalue weighted by Crippen LogP contribution is -2.27. The van der Waals surface area contributed by atoms with Crippen LogP contribution in [0, 0.1) is 6.92 Å². The summed E-state index contributed by atoms with van der Waals surface area (Å²) in [5.41, 5.74) is 2.74. The molecule has 0 atom stereocenters. The third kappa shape index (κ3) is 5.56. The molecule has 0 bridgehead atoms. The summed E-state index contributed by atoms with van der Waals surface area (Å²) >= 11 is 14.4. The summed E-state index contributed by atoms with van der Waals surface area (Å²) in [6, 6.07) is 23.2. The smallest absolute Gasteiger partial charge is 0.270 e. The van der Waals surface area contributed by atoms with Crippen molar-refractivity contribution in [3.63, 3.8) is 0 Å². The van der Waals surface area contributed by atoms with Crippen molar-refractivity contribution in [2.75, 3.05) is 17.3 Å². The molecule has 1 aliphatic rings. The Balaban J connectivity index is 1.47. The van der Waals surface area contributed by atoms with Crippen LogP contribution in [-0.4, -0.2) is 22.6 Å². The lowest BCUT2D eigenvalue weighted by atomic mass is 10.1. The van der Waals surface area contributed by atoms with Crippen LogP contribution in [-0.2, 0) is 4.79 Å². The topological polar surface area (TPSA) is 29.5 Å². The minimum Gasteiger partial charge on any atom is -0.492 e. The van der Waals surface area contributed by atoms with Crippen molar-refractivity contribution in [1.82, 2.24) is 0 Å². The van der Waals surface area contributed by atoms with Gasteiger partial charge in [-0.1, -0.05) is 65.4 Å². The van der Waals surface area contributed by atoms with Gasteiger partial charge in [0.15, 0.2) is 4.32 Å². The van der Waals surface area contributed by atoms with E-state index < -0.39 is 0 Å². The van der Waals surface area contributed by atoms with E-state index in [1.54, 1.807) is 16.7 Å². The molecule has 1 heterocycles. The van der Waals surface area contributed by atoms with Gasteiger partial charge in [-0.05, 0) is 61.5 Å². The van der Waals surface area contributed by atoms with Crippen LogP contribution in [0.15, 0.2) is 82.6 Å². The SMILES string of the molecule is Cc1ccc(OCCSc2ccc(Cl)cc2)c(C=C2SC(=S)N(c3ccccc3)C2=O)c1. The molecule has 7 heteroatoms. The molecule has 32 heavy (non-hydrogen) atoms. The van der Waals surface area contributed by atoms with E-state index in [1.807, 2.05) is 85.8 Å². The molecule has 4 rings (SSSR count). The van der Waals surface area contributed by atoms with Gasteiger partial charge in [0, 0.05) is 21.2 Å². The number of carbonyl (C=O) groups excluding carboxylic acids is 1. The fourth-order valence-corrected chi connectivity index (χ4v) is 5.31. The van der Waals surface area contributed by atoms with Crippen LogP contribution in [0.1, 0.15) is 11.1 Å². The average molecular weight is 498 g/mol. The number of amides is 1. The highest BCUT2D eigenvalue weighted by molar-refractivity contribution is 8.27.